The first-order valence-corrected chi connectivity index (χ1v) is 12.3. The number of fused-ring (bicyclic) bond motifs is 1. The molecule has 0 atom stereocenters. The lowest BCUT2D eigenvalue weighted by molar-refractivity contribution is 0.0727. The fourth-order valence-electron chi connectivity index (χ4n) is 4.69. The topological polar surface area (TPSA) is 59.4 Å². The van der Waals surface area contributed by atoms with Gasteiger partial charge in [0.25, 0.3) is 11.5 Å². The van der Waals surface area contributed by atoms with Crippen molar-refractivity contribution < 1.29 is 9.59 Å². The van der Waals surface area contributed by atoms with Gasteiger partial charge in [-0.15, -0.1) is 0 Å². The maximum atomic E-state index is 14.0. The van der Waals surface area contributed by atoms with Gasteiger partial charge in [0, 0.05) is 41.5 Å². The van der Waals surface area contributed by atoms with E-state index >= 15 is 0 Å². The molecule has 0 radical (unpaired) electrons. The summed E-state index contributed by atoms with van der Waals surface area (Å²) in [7, 11) is 0. The number of benzene rings is 3. The third kappa shape index (κ3) is 4.88. The van der Waals surface area contributed by atoms with Gasteiger partial charge in [-0.05, 0) is 54.3 Å². The SMILES string of the molecule is O=C1CCCc2c1cc(C(=O)N(Cc1ccccc1)Cc1ccccc1)c(=O)n2-c1ccc(Cl)cc1. The van der Waals surface area contributed by atoms with Crippen LogP contribution in [0.4, 0.5) is 0 Å². The van der Waals surface area contributed by atoms with Crippen LogP contribution in [0.3, 0.4) is 0 Å². The molecule has 0 N–H and O–H groups in total. The maximum Gasteiger partial charge on any atom is 0.268 e. The quantitative estimate of drug-likeness (QED) is 0.336. The van der Waals surface area contributed by atoms with Gasteiger partial charge in [0.05, 0.1) is 0 Å². The van der Waals surface area contributed by atoms with Crippen molar-refractivity contribution in [3.05, 3.63) is 134 Å². The van der Waals surface area contributed by atoms with Gasteiger partial charge in [-0.2, -0.15) is 0 Å². The van der Waals surface area contributed by atoms with Gasteiger partial charge < -0.3 is 4.90 Å². The number of hydrogen-bond donors (Lipinski definition) is 0. The molecule has 6 heteroatoms. The van der Waals surface area contributed by atoms with Crippen molar-refractivity contribution in [2.24, 2.45) is 0 Å². The molecule has 0 aliphatic heterocycles. The van der Waals surface area contributed by atoms with Crippen LogP contribution in [-0.4, -0.2) is 21.2 Å². The molecule has 1 heterocycles. The number of hydrogen-bond acceptors (Lipinski definition) is 3. The minimum atomic E-state index is -0.429. The van der Waals surface area contributed by atoms with Crippen molar-refractivity contribution >= 4 is 23.3 Å². The fourth-order valence-corrected chi connectivity index (χ4v) is 4.81. The Morgan fingerprint density at radius 1 is 0.806 bits per heavy atom. The van der Waals surface area contributed by atoms with E-state index in [2.05, 4.69) is 0 Å². The summed E-state index contributed by atoms with van der Waals surface area (Å²) in [5.41, 5.74) is 3.14. The number of pyridine rings is 1. The Morgan fingerprint density at radius 3 is 1.97 bits per heavy atom. The molecule has 0 saturated carbocycles. The second kappa shape index (κ2) is 10.3. The highest BCUT2D eigenvalue weighted by molar-refractivity contribution is 6.30. The van der Waals surface area contributed by atoms with Gasteiger partial charge in [0.1, 0.15) is 5.56 Å². The molecule has 4 aromatic rings. The van der Waals surface area contributed by atoms with E-state index in [4.69, 9.17) is 11.6 Å². The molecule has 0 saturated heterocycles. The van der Waals surface area contributed by atoms with Gasteiger partial charge >= 0.3 is 0 Å². The van der Waals surface area contributed by atoms with E-state index < -0.39 is 11.5 Å². The number of halogens is 1. The Balaban J connectivity index is 1.63. The molecule has 0 fully saturated rings. The van der Waals surface area contributed by atoms with Gasteiger partial charge in [-0.3, -0.25) is 19.0 Å². The van der Waals surface area contributed by atoms with Crippen LogP contribution in [0.2, 0.25) is 5.02 Å². The molecule has 36 heavy (non-hydrogen) atoms. The van der Waals surface area contributed by atoms with Crippen LogP contribution >= 0.6 is 11.6 Å². The van der Waals surface area contributed by atoms with E-state index in [1.807, 2.05) is 60.7 Å². The smallest absolute Gasteiger partial charge is 0.268 e. The zero-order valence-electron chi connectivity index (χ0n) is 19.7. The first-order chi connectivity index (χ1) is 17.5. The van der Waals surface area contributed by atoms with Gasteiger partial charge in [0.15, 0.2) is 5.78 Å². The standard InChI is InChI=1S/C30H25ClN2O3/c31-23-14-16-24(17-15-23)33-27-12-7-13-28(34)25(27)18-26(30(33)36)29(35)32(19-21-8-3-1-4-9-21)20-22-10-5-2-6-11-22/h1-6,8-11,14-18H,7,12-13,19-20H2. The molecule has 1 aromatic heterocycles. The maximum absolute atomic E-state index is 14.0. The van der Waals surface area contributed by atoms with Crippen molar-refractivity contribution in [2.45, 2.75) is 32.4 Å². The fraction of sp³-hybridized carbons (Fsp3) is 0.167. The largest absolute Gasteiger partial charge is 0.330 e. The summed E-state index contributed by atoms with van der Waals surface area (Å²) in [5, 5.41) is 0.542. The molecule has 0 unspecified atom stereocenters. The van der Waals surface area contributed by atoms with E-state index in [-0.39, 0.29) is 11.3 Å². The van der Waals surface area contributed by atoms with Crippen LogP contribution in [0.1, 0.15) is 50.4 Å². The van der Waals surface area contributed by atoms with Gasteiger partial charge in [-0.1, -0.05) is 72.3 Å². The molecule has 180 valence electrons. The normalized spacial score (nSPS) is 12.8. The Hall–Kier alpha value is -3.96. The van der Waals surface area contributed by atoms with Crippen molar-refractivity contribution in [1.82, 2.24) is 9.47 Å². The summed E-state index contributed by atoms with van der Waals surface area (Å²) in [6.45, 7) is 0.667. The zero-order valence-corrected chi connectivity index (χ0v) is 20.4. The number of ketones is 1. The molecule has 1 aliphatic rings. The van der Waals surface area contributed by atoms with E-state index in [9.17, 15) is 14.4 Å². The summed E-state index contributed by atoms with van der Waals surface area (Å²) in [5.74, 6) is -0.456. The first-order valence-electron chi connectivity index (χ1n) is 12.0. The first kappa shape index (κ1) is 23.8. The number of rotatable bonds is 6. The zero-order chi connectivity index (χ0) is 25.1. The van der Waals surface area contributed by atoms with Crippen LogP contribution in [-0.2, 0) is 19.5 Å². The third-order valence-corrected chi connectivity index (χ3v) is 6.71. The molecule has 5 rings (SSSR count). The minimum Gasteiger partial charge on any atom is -0.330 e. The van der Waals surface area contributed by atoms with Crippen LogP contribution in [0.15, 0.2) is 95.8 Å². The lowest BCUT2D eigenvalue weighted by atomic mass is 9.92. The van der Waals surface area contributed by atoms with E-state index in [0.717, 1.165) is 11.1 Å². The Kier molecular flexibility index (Phi) is 6.83. The van der Waals surface area contributed by atoms with Crippen molar-refractivity contribution in [3.63, 3.8) is 0 Å². The lowest BCUT2D eigenvalue weighted by Crippen LogP contribution is -2.38. The predicted octanol–water partition coefficient (Wildman–Crippen LogP) is 5.85. The van der Waals surface area contributed by atoms with Gasteiger partial charge in [-0.25, -0.2) is 0 Å². The van der Waals surface area contributed by atoms with Crippen LogP contribution in [0.25, 0.3) is 5.69 Å². The van der Waals surface area contributed by atoms with Crippen molar-refractivity contribution in [2.75, 3.05) is 0 Å². The van der Waals surface area contributed by atoms with E-state index in [1.54, 1.807) is 29.2 Å². The molecular formula is C30H25ClN2O3. The highest BCUT2D eigenvalue weighted by atomic mass is 35.5. The summed E-state index contributed by atoms with van der Waals surface area (Å²) < 4.78 is 1.51. The van der Waals surface area contributed by atoms with E-state index in [1.165, 1.54) is 10.6 Å². The summed E-state index contributed by atoms with van der Waals surface area (Å²) in [6, 6.07) is 27.7. The summed E-state index contributed by atoms with van der Waals surface area (Å²) in [4.78, 5) is 42.4. The molecule has 3 aromatic carbocycles. The highest BCUT2D eigenvalue weighted by Gasteiger charge is 2.28. The van der Waals surface area contributed by atoms with Crippen molar-refractivity contribution in [1.29, 1.82) is 0 Å². The summed E-state index contributed by atoms with van der Waals surface area (Å²) in [6.07, 6.45) is 1.66. The average molecular weight is 497 g/mol. The van der Waals surface area contributed by atoms with Gasteiger partial charge in [0.2, 0.25) is 0 Å². The second-order valence-electron chi connectivity index (χ2n) is 8.94. The number of amides is 1. The van der Waals surface area contributed by atoms with Crippen LogP contribution in [0.5, 0.6) is 0 Å². The van der Waals surface area contributed by atoms with Crippen molar-refractivity contribution in [3.8, 4) is 5.69 Å². The number of carbonyl (C=O) groups excluding carboxylic acids is 2. The molecule has 1 aliphatic carbocycles. The Bertz CT molecular complexity index is 1420. The number of Topliss-reactive ketones (excluding diaryl/α,β-unsaturated/α-hetero) is 1. The monoisotopic (exact) mass is 496 g/mol. The molecule has 0 bridgehead atoms. The summed E-state index contributed by atoms with van der Waals surface area (Å²) >= 11 is 6.08. The molecule has 5 nitrogen and oxygen atoms in total. The predicted molar refractivity (Wildman–Crippen MR) is 141 cm³/mol. The number of carbonyl (C=O) groups is 2. The number of nitrogens with zero attached hydrogens (tertiary/aromatic N) is 2. The van der Waals surface area contributed by atoms with E-state index in [0.29, 0.717) is 54.3 Å². The molecular weight excluding hydrogens is 472 g/mol. The Labute approximate surface area is 214 Å². The number of aromatic nitrogens is 1. The Morgan fingerprint density at radius 2 is 1.39 bits per heavy atom. The lowest BCUT2D eigenvalue weighted by Gasteiger charge is -2.26. The minimum absolute atomic E-state index is 0.00851. The van der Waals surface area contributed by atoms with Crippen LogP contribution < -0.4 is 5.56 Å². The average Bonchev–Trinajstić information content (AvgIpc) is 2.90. The molecule has 0 spiro atoms. The van der Waals surface area contributed by atoms with Crippen LogP contribution in [0, 0.1) is 0 Å². The molecule has 1 amide bonds. The highest BCUT2D eigenvalue weighted by Crippen LogP contribution is 2.25. The second-order valence-corrected chi connectivity index (χ2v) is 9.38. The third-order valence-electron chi connectivity index (χ3n) is 6.46.